The highest BCUT2D eigenvalue weighted by atomic mass is 32.2. The summed E-state index contributed by atoms with van der Waals surface area (Å²) in [7, 11) is 0. The van der Waals surface area contributed by atoms with Crippen molar-refractivity contribution in [2.75, 3.05) is 5.75 Å². The second kappa shape index (κ2) is 3.74. The van der Waals surface area contributed by atoms with Crippen LogP contribution < -0.4 is 10.9 Å². The van der Waals surface area contributed by atoms with Gasteiger partial charge in [-0.05, 0) is 0 Å². The molecule has 0 spiro atoms. The summed E-state index contributed by atoms with van der Waals surface area (Å²) >= 11 is 1.47. The standard InChI is InChI=1S/C8H6N4O2S/c9-4-11-6(13)5-3-10-8-12(7(5)14)1-2-15-8/h3H,1-2H2,(H,11,13). The van der Waals surface area contributed by atoms with E-state index >= 15 is 0 Å². The Bertz CT molecular complexity index is 516. The highest BCUT2D eigenvalue weighted by molar-refractivity contribution is 7.99. The average Bonchev–Trinajstić information content (AvgIpc) is 2.67. The van der Waals surface area contributed by atoms with Crippen LogP contribution in [0.4, 0.5) is 0 Å². The molecule has 0 aliphatic carbocycles. The van der Waals surface area contributed by atoms with Gasteiger partial charge in [-0.3, -0.25) is 19.5 Å². The summed E-state index contributed by atoms with van der Waals surface area (Å²) in [5, 5.41) is 10.8. The molecule has 0 fully saturated rings. The van der Waals surface area contributed by atoms with Crippen molar-refractivity contribution in [3.05, 3.63) is 22.1 Å². The van der Waals surface area contributed by atoms with Crippen molar-refractivity contribution < 1.29 is 4.79 Å². The number of nitrogens with one attached hydrogen (secondary N) is 1. The predicted octanol–water partition coefficient (Wildman–Crippen LogP) is -0.440. The zero-order valence-corrected chi connectivity index (χ0v) is 8.37. The van der Waals surface area contributed by atoms with Crippen LogP contribution >= 0.6 is 11.8 Å². The van der Waals surface area contributed by atoms with E-state index in [-0.39, 0.29) is 5.56 Å². The number of fused-ring (bicyclic) bond motifs is 1. The van der Waals surface area contributed by atoms with Gasteiger partial charge in [-0.15, -0.1) is 0 Å². The Hall–Kier alpha value is -1.81. The molecule has 7 heteroatoms. The molecule has 0 unspecified atom stereocenters. The third-order valence-electron chi connectivity index (χ3n) is 1.97. The number of nitrogens with zero attached hydrogens (tertiary/aromatic N) is 3. The minimum absolute atomic E-state index is 0.0946. The molecule has 6 nitrogen and oxygen atoms in total. The summed E-state index contributed by atoms with van der Waals surface area (Å²) in [6, 6.07) is 0. The maximum absolute atomic E-state index is 11.7. The highest BCUT2D eigenvalue weighted by Gasteiger charge is 2.19. The van der Waals surface area contributed by atoms with Gasteiger partial charge in [-0.1, -0.05) is 11.8 Å². The zero-order valence-electron chi connectivity index (χ0n) is 7.56. The number of aromatic nitrogens is 2. The first-order valence-corrected chi connectivity index (χ1v) is 5.14. The van der Waals surface area contributed by atoms with Crippen LogP contribution in [0.1, 0.15) is 10.4 Å². The van der Waals surface area contributed by atoms with Crippen LogP contribution in [0.25, 0.3) is 0 Å². The molecule has 1 amide bonds. The number of amides is 1. The molecule has 1 aromatic heterocycles. The molecule has 1 N–H and O–H groups in total. The molecule has 15 heavy (non-hydrogen) atoms. The Labute approximate surface area is 88.9 Å². The minimum Gasteiger partial charge on any atom is -0.286 e. The molecular weight excluding hydrogens is 216 g/mol. The third-order valence-corrected chi connectivity index (χ3v) is 2.94. The van der Waals surface area contributed by atoms with E-state index in [4.69, 9.17) is 5.26 Å². The Morgan fingerprint density at radius 1 is 1.73 bits per heavy atom. The van der Waals surface area contributed by atoms with Gasteiger partial charge in [-0.25, -0.2) is 4.98 Å². The fraction of sp³-hybridized carbons (Fsp3) is 0.250. The van der Waals surface area contributed by atoms with Gasteiger partial charge < -0.3 is 0 Å². The lowest BCUT2D eigenvalue weighted by Gasteiger charge is -2.02. The van der Waals surface area contributed by atoms with Gasteiger partial charge in [0.15, 0.2) is 11.3 Å². The quantitative estimate of drug-likeness (QED) is 0.395. The molecule has 2 heterocycles. The summed E-state index contributed by atoms with van der Waals surface area (Å²) in [6.07, 6.45) is 2.69. The number of hydrogen-bond acceptors (Lipinski definition) is 5. The summed E-state index contributed by atoms with van der Waals surface area (Å²) < 4.78 is 1.44. The molecule has 0 bridgehead atoms. The van der Waals surface area contributed by atoms with E-state index < -0.39 is 11.5 Å². The summed E-state index contributed by atoms with van der Waals surface area (Å²) in [4.78, 5) is 27.0. The topological polar surface area (TPSA) is 87.8 Å². The fourth-order valence-corrected chi connectivity index (χ4v) is 2.21. The Morgan fingerprint density at radius 3 is 3.27 bits per heavy atom. The van der Waals surface area contributed by atoms with Gasteiger partial charge >= 0.3 is 0 Å². The number of hydrogen-bond donors (Lipinski definition) is 1. The summed E-state index contributed by atoms with van der Waals surface area (Å²) in [5.41, 5.74) is -0.486. The zero-order chi connectivity index (χ0) is 10.8. The van der Waals surface area contributed by atoms with E-state index in [0.717, 1.165) is 5.75 Å². The second-order valence-electron chi connectivity index (χ2n) is 2.83. The normalized spacial score (nSPS) is 13.0. The molecular formula is C8H6N4O2S. The SMILES string of the molecule is N#CNC(=O)c1cnc2n(c1=O)CCS2. The van der Waals surface area contributed by atoms with Gasteiger partial charge in [0.05, 0.1) is 0 Å². The predicted molar refractivity (Wildman–Crippen MR) is 52.3 cm³/mol. The maximum Gasteiger partial charge on any atom is 0.271 e. The lowest BCUT2D eigenvalue weighted by Crippen LogP contribution is -2.31. The molecule has 1 aliphatic heterocycles. The van der Waals surface area contributed by atoms with Crippen LogP contribution in [0.15, 0.2) is 16.1 Å². The summed E-state index contributed by atoms with van der Waals surface area (Å²) in [5.74, 6) is 0.0770. The second-order valence-corrected chi connectivity index (χ2v) is 3.89. The van der Waals surface area contributed by atoms with Crippen LogP contribution in [-0.2, 0) is 6.54 Å². The Balaban J connectivity index is 2.48. The van der Waals surface area contributed by atoms with E-state index in [9.17, 15) is 9.59 Å². The van der Waals surface area contributed by atoms with Crippen molar-refractivity contribution in [1.82, 2.24) is 14.9 Å². The molecule has 1 aliphatic rings. The van der Waals surface area contributed by atoms with Crippen molar-refractivity contribution >= 4 is 17.7 Å². The molecule has 0 atom stereocenters. The van der Waals surface area contributed by atoms with Crippen molar-refractivity contribution in [3.8, 4) is 6.19 Å². The van der Waals surface area contributed by atoms with Gasteiger partial charge in [0.2, 0.25) is 0 Å². The number of nitriles is 1. The molecule has 0 saturated heterocycles. The van der Waals surface area contributed by atoms with E-state index in [0.29, 0.717) is 11.7 Å². The van der Waals surface area contributed by atoms with E-state index in [1.54, 1.807) is 0 Å². The largest absolute Gasteiger partial charge is 0.286 e. The monoisotopic (exact) mass is 222 g/mol. The van der Waals surface area contributed by atoms with E-state index in [1.807, 2.05) is 5.32 Å². The van der Waals surface area contributed by atoms with Gasteiger partial charge in [-0.2, -0.15) is 5.26 Å². The smallest absolute Gasteiger partial charge is 0.271 e. The van der Waals surface area contributed by atoms with Crippen molar-refractivity contribution in [1.29, 1.82) is 5.26 Å². The first-order chi connectivity index (χ1) is 7.24. The van der Waals surface area contributed by atoms with Gasteiger partial charge in [0, 0.05) is 18.5 Å². The minimum atomic E-state index is -0.706. The first kappa shape index (κ1) is 9.73. The molecule has 1 aromatic rings. The van der Waals surface area contributed by atoms with Crippen molar-refractivity contribution in [3.63, 3.8) is 0 Å². The van der Waals surface area contributed by atoms with Crippen LogP contribution in [0.2, 0.25) is 0 Å². The lowest BCUT2D eigenvalue weighted by molar-refractivity contribution is 0.0970. The molecule has 0 saturated carbocycles. The molecule has 2 rings (SSSR count). The van der Waals surface area contributed by atoms with E-state index in [2.05, 4.69) is 4.98 Å². The van der Waals surface area contributed by atoms with Crippen LogP contribution in [0.5, 0.6) is 0 Å². The van der Waals surface area contributed by atoms with Crippen LogP contribution in [0, 0.1) is 11.5 Å². The van der Waals surface area contributed by atoms with Gasteiger partial charge in [0.1, 0.15) is 5.56 Å². The van der Waals surface area contributed by atoms with Crippen molar-refractivity contribution in [2.45, 2.75) is 11.7 Å². The number of thioether (sulfide) groups is 1. The number of carbonyl (C=O) groups is 1. The Kier molecular flexibility index (Phi) is 2.43. The molecule has 0 radical (unpaired) electrons. The van der Waals surface area contributed by atoms with E-state index in [1.165, 1.54) is 28.7 Å². The molecule has 0 aromatic carbocycles. The fourth-order valence-electron chi connectivity index (χ4n) is 1.29. The highest BCUT2D eigenvalue weighted by Crippen LogP contribution is 2.20. The maximum atomic E-state index is 11.7. The molecule has 76 valence electrons. The third kappa shape index (κ3) is 1.59. The van der Waals surface area contributed by atoms with Crippen LogP contribution in [-0.4, -0.2) is 21.2 Å². The average molecular weight is 222 g/mol. The number of rotatable bonds is 1. The van der Waals surface area contributed by atoms with Crippen LogP contribution in [0.3, 0.4) is 0 Å². The lowest BCUT2D eigenvalue weighted by atomic mass is 10.3. The van der Waals surface area contributed by atoms with Gasteiger partial charge in [0.25, 0.3) is 11.5 Å². The number of carbonyl (C=O) groups excluding carboxylic acids is 1. The summed E-state index contributed by atoms with van der Waals surface area (Å²) in [6.45, 7) is 0.555. The first-order valence-electron chi connectivity index (χ1n) is 4.16. The van der Waals surface area contributed by atoms with Crippen molar-refractivity contribution in [2.24, 2.45) is 0 Å². The Morgan fingerprint density at radius 2 is 2.53 bits per heavy atom.